The molecule has 5 heteroatoms. The molecule has 0 amide bonds. The lowest BCUT2D eigenvalue weighted by molar-refractivity contribution is -0.151. The molecule has 15 heavy (non-hydrogen) atoms. The van der Waals surface area contributed by atoms with Gasteiger partial charge in [0.15, 0.2) is 0 Å². The van der Waals surface area contributed by atoms with Gasteiger partial charge in [-0.25, -0.2) is 9.59 Å². The van der Waals surface area contributed by atoms with Crippen LogP contribution < -0.4 is 5.32 Å². The summed E-state index contributed by atoms with van der Waals surface area (Å²) in [4.78, 5) is 21.0. The van der Waals surface area contributed by atoms with E-state index in [2.05, 4.69) is 5.32 Å². The summed E-state index contributed by atoms with van der Waals surface area (Å²) in [5, 5.41) is 19.6. The van der Waals surface area contributed by atoms with Crippen LogP contribution in [-0.4, -0.2) is 28.2 Å². The number of hydrogen-bond donors (Lipinski definition) is 3. The van der Waals surface area contributed by atoms with Gasteiger partial charge in [-0.15, -0.1) is 0 Å². The minimum absolute atomic E-state index is 0.212. The lowest BCUT2D eigenvalue weighted by Gasteiger charge is -2.09. The second-order valence-corrected chi connectivity index (χ2v) is 2.98. The third-order valence-corrected chi connectivity index (χ3v) is 1.85. The smallest absolute Gasteiger partial charge is 0.332 e. The SMILES string of the molecule is O=C(O)C(NCc1ccccc1)C(=O)O. The maximum absolute atomic E-state index is 10.5. The Morgan fingerprint density at radius 3 is 2.13 bits per heavy atom. The van der Waals surface area contributed by atoms with Crippen molar-refractivity contribution in [1.29, 1.82) is 0 Å². The fourth-order valence-corrected chi connectivity index (χ4v) is 1.10. The first-order chi connectivity index (χ1) is 7.11. The van der Waals surface area contributed by atoms with Crippen LogP contribution in [0, 0.1) is 0 Å². The predicted octanol–water partition coefficient (Wildman–Crippen LogP) is 0.314. The third-order valence-electron chi connectivity index (χ3n) is 1.85. The minimum Gasteiger partial charge on any atom is -0.480 e. The standard InChI is InChI=1S/C10H11NO4/c12-9(13)8(10(14)15)11-6-7-4-2-1-3-5-7/h1-5,8,11H,6H2,(H,12,13)(H,14,15). The molecule has 0 aliphatic carbocycles. The first-order valence-electron chi connectivity index (χ1n) is 4.34. The average molecular weight is 209 g/mol. The van der Waals surface area contributed by atoms with Crippen LogP contribution >= 0.6 is 0 Å². The van der Waals surface area contributed by atoms with Gasteiger partial charge in [0.05, 0.1) is 0 Å². The fraction of sp³-hybridized carbons (Fsp3) is 0.200. The Bertz CT molecular complexity index is 336. The van der Waals surface area contributed by atoms with E-state index in [-0.39, 0.29) is 6.54 Å². The average Bonchev–Trinajstić information content (AvgIpc) is 2.18. The van der Waals surface area contributed by atoms with Crippen LogP contribution in [0.3, 0.4) is 0 Å². The van der Waals surface area contributed by atoms with Crippen molar-refractivity contribution >= 4 is 11.9 Å². The normalized spacial score (nSPS) is 10.2. The van der Waals surface area contributed by atoms with Gasteiger partial charge in [0.1, 0.15) is 0 Å². The van der Waals surface area contributed by atoms with Gasteiger partial charge in [0, 0.05) is 6.54 Å². The molecule has 0 saturated heterocycles. The maximum Gasteiger partial charge on any atom is 0.332 e. The summed E-state index contributed by atoms with van der Waals surface area (Å²) in [5.41, 5.74) is 0.838. The van der Waals surface area contributed by atoms with E-state index in [4.69, 9.17) is 10.2 Å². The Morgan fingerprint density at radius 1 is 1.13 bits per heavy atom. The molecule has 0 saturated carbocycles. The summed E-state index contributed by atoms with van der Waals surface area (Å²) in [7, 11) is 0. The molecule has 0 radical (unpaired) electrons. The van der Waals surface area contributed by atoms with Crippen molar-refractivity contribution in [3.63, 3.8) is 0 Å². The molecule has 1 aromatic carbocycles. The van der Waals surface area contributed by atoms with E-state index in [1.54, 1.807) is 24.3 Å². The molecule has 80 valence electrons. The molecule has 0 aromatic heterocycles. The van der Waals surface area contributed by atoms with Crippen LogP contribution in [-0.2, 0) is 16.1 Å². The van der Waals surface area contributed by atoms with Crippen molar-refractivity contribution in [3.8, 4) is 0 Å². The van der Waals surface area contributed by atoms with E-state index >= 15 is 0 Å². The highest BCUT2D eigenvalue weighted by atomic mass is 16.4. The van der Waals surface area contributed by atoms with Crippen molar-refractivity contribution in [1.82, 2.24) is 5.32 Å². The second kappa shape index (κ2) is 5.11. The molecule has 0 aliphatic rings. The molecular formula is C10H11NO4. The van der Waals surface area contributed by atoms with Gasteiger partial charge in [0.25, 0.3) is 0 Å². The Kier molecular flexibility index (Phi) is 3.82. The zero-order valence-corrected chi connectivity index (χ0v) is 7.88. The molecule has 5 nitrogen and oxygen atoms in total. The number of hydrogen-bond acceptors (Lipinski definition) is 3. The van der Waals surface area contributed by atoms with Gasteiger partial charge in [-0.3, -0.25) is 5.32 Å². The van der Waals surface area contributed by atoms with Crippen molar-refractivity contribution in [2.24, 2.45) is 0 Å². The summed E-state index contributed by atoms with van der Waals surface area (Å²) in [6.45, 7) is 0.212. The van der Waals surface area contributed by atoms with Crippen LogP contribution in [0.15, 0.2) is 30.3 Å². The quantitative estimate of drug-likeness (QED) is 0.608. The number of aliphatic carboxylic acids is 2. The van der Waals surface area contributed by atoms with Crippen LogP contribution in [0.1, 0.15) is 5.56 Å². The molecule has 0 unspecified atom stereocenters. The van der Waals surface area contributed by atoms with E-state index in [0.717, 1.165) is 5.56 Å². The Hall–Kier alpha value is -1.88. The highest BCUT2D eigenvalue weighted by Crippen LogP contribution is 1.98. The summed E-state index contributed by atoms with van der Waals surface area (Å²) >= 11 is 0. The van der Waals surface area contributed by atoms with Gasteiger partial charge in [-0.2, -0.15) is 0 Å². The molecule has 0 heterocycles. The maximum atomic E-state index is 10.5. The van der Waals surface area contributed by atoms with Crippen molar-refractivity contribution in [2.75, 3.05) is 0 Å². The van der Waals surface area contributed by atoms with Crippen LogP contribution in [0.25, 0.3) is 0 Å². The molecule has 0 aliphatic heterocycles. The highest BCUT2D eigenvalue weighted by molar-refractivity contribution is 5.97. The highest BCUT2D eigenvalue weighted by Gasteiger charge is 2.24. The Balaban J connectivity index is 2.55. The summed E-state index contributed by atoms with van der Waals surface area (Å²) in [6, 6.07) is 7.43. The second-order valence-electron chi connectivity index (χ2n) is 2.98. The van der Waals surface area contributed by atoms with Gasteiger partial charge in [-0.1, -0.05) is 30.3 Å². The molecule has 0 atom stereocenters. The van der Waals surface area contributed by atoms with Crippen molar-refractivity contribution in [3.05, 3.63) is 35.9 Å². The van der Waals surface area contributed by atoms with E-state index in [1.165, 1.54) is 0 Å². The van der Waals surface area contributed by atoms with Crippen molar-refractivity contribution in [2.45, 2.75) is 12.6 Å². The minimum atomic E-state index is -1.56. The molecule has 0 fully saturated rings. The van der Waals surface area contributed by atoms with Gasteiger partial charge >= 0.3 is 11.9 Å². The predicted molar refractivity (Wildman–Crippen MR) is 52.3 cm³/mol. The number of rotatable bonds is 5. The van der Waals surface area contributed by atoms with Crippen LogP contribution in [0.2, 0.25) is 0 Å². The summed E-state index contributed by atoms with van der Waals surface area (Å²) < 4.78 is 0. The van der Waals surface area contributed by atoms with Gasteiger partial charge in [-0.05, 0) is 5.56 Å². The van der Waals surface area contributed by atoms with E-state index < -0.39 is 18.0 Å². The number of benzene rings is 1. The Labute approximate surface area is 86.4 Å². The molecule has 1 aromatic rings. The lowest BCUT2D eigenvalue weighted by Crippen LogP contribution is -2.42. The molecule has 0 spiro atoms. The first kappa shape index (κ1) is 11.2. The molecular weight excluding hydrogens is 198 g/mol. The zero-order valence-electron chi connectivity index (χ0n) is 7.88. The van der Waals surface area contributed by atoms with Crippen LogP contribution in [0.4, 0.5) is 0 Å². The summed E-state index contributed by atoms with van der Waals surface area (Å²) in [6.07, 6.45) is 0. The number of carboxylic acid groups (broad SMARTS) is 2. The topological polar surface area (TPSA) is 86.6 Å². The van der Waals surface area contributed by atoms with Gasteiger partial charge < -0.3 is 10.2 Å². The van der Waals surface area contributed by atoms with E-state index in [9.17, 15) is 9.59 Å². The largest absolute Gasteiger partial charge is 0.480 e. The zero-order chi connectivity index (χ0) is 11.3. The third kappa shape index (κ3) is 3.40. The number of nitrogens with one attached hydrogen (secondary N) is 1. The molecule has 3 N–H and O–H groups in total. The fourth-order valence-electron chi connectivity index (χ4n) is 1.10. The molecule has 0 bridgehead atoms. The first-order valence-corrected chi connectivity index (χ1v) is 4.34. The Morgan fingerprint density at radius 2 is 1.67 bits per heavy atom. The number of carbonyl (C=O) groups is 2. The summed E-state index contributed by atoms with van der Waals surface area (Å²) in [5.74, 6) is -2.78. The van der Waals surface area contributed by atoms with E-state index in [0.29, 0.717) is 0 Å². The van der Waals surface area contributed by atoms with Crippen molar-refractivity contribution < 1.29 is 19.8 Å². The van der Waals surface area contributed by atoms with Gasteiger partial charge in [0.2, 0.25) is 6.04 Å². The molecule has 1 rings (SSSR count). The van der Waals surface area contributed by atoms with Crippen LogP contribution in [0.5, 0.6) is 0 Å². The van der Waals surface area contributed by atoms with E-state index in [1.807, 2.05) is 6.07 Å². The lowest BCUT2D eigenvalue weighted by atomic mass is 10.2. The monoisotopic (exact) mass is 209 g/mol. The number of carboxylic acids is 2.